The Labute approximate surface area is 157 Å². The first kappa shape index (κ1) is 19.0. The molecule has 3 heterocycles. The van der Waals surface area contributed by atoms with Crippen LogP contribution >= 0.6 is 11.3 Å². The molecule has 0 unspecified atom stereocenters. The number of aromatic nitrogens is 2. The van der Waals surface area contributed by atoms with Crippen LogP contribution in [-0.2, 0) is 27.3 Å². The van der Waals surface area contributed by atoms with Crippen LogP contribution in [0.25, 0.3) is 0 Å². The third kappa shape index (κ3) is 4.49. The average Bonchev–Trinajstić information content (AvgIpc) is 3.08. The van der Waals surface area contributed by atoms with E-state index in [2.05, 4.69) is 15.5 Å². The molecule has 7 nitrogen and oxygen atoms in total. The van der Waals surface area contributed by atoms with Crippen LogP contribution in [0.4, 0.5) is 0 Å². The number of thiazole rings is 1. The van der Waals surface area contributed by atoms with Gasteiger partial charge in [0, 0.05) is 17.0 Å². The SMILES string of the molecule is Cc1nc(C)c(CC(=O)N[C@@H]2COCC[C@@H]2OCc2c(C)noc2C)s1. The van der Waals surface area contributed by atoms with Crippen molar-refractivity contribution in [3.8, 4) is 0 Å². The van der Waals surface area contributed by atoms with E-state index in [0.29, 0.717) is 26.2 Å². The minimum Gasteiger partial charge on any atom is -0.379 e. The molecule has 1 aliphatic heterocycles. The third-order valence-corrected chi connectivity index (χ3v) is 5.66. The Morgan fingerprint density at radius 2 is 2.12 bits per heavy atom. The first-order valence-corrected chi connectivity index (χ1v) is 9.59. The van der Waals surface area contributed by atoms with E-state index in [1.54, 1.807) is 11.3 Å². The minimum absolute atomic E-state index is 0.0295. The second-order valence-corrected chi connectivity index (χ2v) is 7.90. The zero-order valence-corrected chi connectivity index (χ0v) is 16.4. The molecule has 0 spiro atoms. The van der Waals surface area contributed by atoms with Gasteiger partial charge in [-0.05, 0) is 34.1 Å². The molecule has 3 rings (SSSR count). The molecule has 0 radical (unpaired) electrons. The maximum atomic E-state index is 12.5. The molecule has 0 aromatic carbocycles. The fourth-order valence-electron chi connectivity index (χ4n) is 3.09. The van der Waals surface area contributed by atoms with E-state index in [1.807, 2.05) is 27.7 Å². The van der Waals surface area contributed by atoms with E-state index >= 15 is 0 Å². The van der Waals surface area contributed by atoms with Crippen LogP contribution in [0.5, 0.6) is 0 Å². The number of hydrogen-bond acceptors (Lipinski definition) is 7. The summed E-state index contributed by atoms with van der Waals surface area (Å²) in [5.74, 6) is 0.740. The van der Waals surface area contributed by atoms with Crippen molar-refractivity contribution in [2.45, 2.75) is 59.3 Å². The summed E-state index contributed by atoms with van der Waals surface area (Å²) in [4.78, 5) is 17.8. The number of ether oxygens (including phenoxy) is 2. The lowest BCUT2D eigenvalue weighted by Gasteiger charge is -2.32. The van der Waals surface area contributed by atoms with Crippen LogP contribution in [0.3, 0.4) is 0 Å². The monoisotopic (exact) mass is 379 g/mol. The van der Waals surface area contributed by atoms with E-state index in [9.17, 15) is 4.79 Å². The van der Waals surface area contributed by atoms with Crippen molar-refractivity contribution in [3.05, 3.63) is 32.6 Å². The van der Waals surface area contributed by atoms with Crippen LogP contribution < -0.4 is 5.32 Å². The Bertz CT molecular complexity index is 751. The van der Waals surface area contributed by atoms with Crippen LogP contribution in [0.15, 0.2) is 4.52 Å². The number of amides is 1. The molecule has 0 saturated carbocycles. The van der Waals surface area contributed by atoms with E-state index in [0.717, 1.165) is 39.0 Å². The molecule has 1 fully saturated rings. The summed E-state index contributed by atoms with van der Waals surface area (Å²) in [6.45, 7) is 9.17. The lowest BCUT2D eigenvalue weighted by molar-refractivity contribution is -0.125. The number of carbonyl (C=O) groups is 1. The lowest BCUT2D eigenvalue weighted by atomic mass is 10.1. The quantitative estimate of drug-likeness (QED) is 0.829. The molecule has 26 heavy (non-hydrogen) atoms. The molecule has 2 aromatic rings. The van der Waals surface area contributed by atoms with Gasteiger partial charge in [-0.15, -0.1) is 11.3 Å². The van der Waals surface area contributed by atoms with Gasteiger partial charge in [0.05, 0.1) is 48.2 Å². The van der Waals surface area contributed by atoms with Crippen molar-refractivity contribution in [1.29, 1.82) is 0 Å². The summed E-state index contributed by atoms with van der Waals surface area (Å²) < 4.78 is 16.8. The molecular weight excluding hydrogens is 354 g/mol. The van der Waals surface area contributed by atoms with Crippen molar-refractivity contribution < 1.29 is 18.8 Å². The van der Waals surface area contributed by atoms with Gasteiger partial charge in [-0.3, -0.25) is 4.79 Å². The van der Waals surface area contributed by atoms with Crippen molar-refractivity contribution in [3.63, 3.8) is 0 Å². The zero-order chi connectivity index (χ0) is 18.7. The third-order valence-electron chi connectivity index (χ3n) is 4.58. The number of nitrogens with zero attached hydrogens (tertiary/aromatic N) is 2. The zero-order valence-electron chi connectivity index (χ0n) is 15.6. The second kappa shape index (κ2) is 8.28. The molecule has 0 bridgehead atoms. The summed E-state index contributed by atoms with van der Waals surface area (Å²) in [6.07, 6.45) is 0.989. The van der Waals surface area contributed by atoms with Gasteiger partial charge in [-0.1, -0.05) is 5.16 Å². The van der Waals surface area contributed by atoms with Crippen molar-refractivity contribution in [2.75, 3.05) is 13.2 Å². The number of rotatable bonds is 6. The Hall–Kier alpha value is -1.77. The number of aryl methyl sites for hydroxylation is 4. The smallest absolute Gasteiger partial charge is 0.225 e. The van der Waals surface area contributed by atoms with Gasteiger partial charge < -0.3 is 19.3 Å². The standard InChI is InChI=1S/C18H25N3O4S/c1-10-14(12(3)25-21-10)8-24-16-5-6-23-9-15(16)20-18(22)7-17-11(2)19-13(4)26-17/h15-16H,5-9H2,1-4H3,(H,20,22)/t15-,16+/m1/s1. The summed E-state index contributed by atoms with van der Waals surface area (Å²) >= 11 is 1.57. The fraction of sp³-hybridized carbons (Fsp3) is 0.611. The van der Waals surface area contributed by atoms with Gasteiger partial charge in [-0.2, -0.15) is 0 Å². The van der Waals surface area contributed by atoms with Gasteiger partial charge >= 0.3 is 0 Å². The minimum atomic E-state index is -0.161. The Morgan fingerprint density at radius 1 is 1.31 bits per heavy atom. The second-order valence-electron chi connectivity index (χ2n) is 6.61. The Kier molecular flexibility index (Phi) is 6.05. The topological polar surface area (TPSA) is 86.5 Å². The number of carbonyl (C=O) groups excluding carboxylic acids is 1. The highest BCUT2D eigenvalue weighted by molar-refractivity contribution is 7.11. The van der Waals surface area contributed by atoms with Crippen molar-refractivity contribution in [1.82, 2.24) is 15.5 Å². The van der Waals surface area contributed by atoms with Crippen LogP contribution in [0.2, 0.25) is 0 Å². The van der Waals surface area contributed by atoms with Crippen LogP contribution in [0.1, 0.15) is 39.0 Å². The van der Waals surface area contributed by atoms with E-state index in [4.69, 9.17) is 14.0 Å². The van der Waals surface area contributed by atoms with E-state index < -0.39 is 0 Å². The predicted octanol–water partition coefficient (Wildman–Crippen LogP) is 2.40. The van der Waals surface area contributed by atoms with Gasteiger partial charge in [0.25, 0.3) is 0 Å². The molecule has 1 saturated heterocycles. The van der Waals surface area contributed by atoms with Crippen LogP contribution in [-0.4, -0.2) is 41.4 Å². The molecule has 0 aliphatic carbocycles. The molecule has 8 heteroatoms. The van der Waals surface area contributed by atoms with Crippen molar-refractivity contribution >= 4 is 17.2 Å². The highest BCUT2D eigenvalue weighted by Crippen LogP contribution is 2.20. The first-order chi connectivity index (χ1) is 12.4. The lowest BCUT2D eigenvalue weighted by Crippen LogP contribution is -2.50. The summed E-state index contributed by atoms with van der Waals surface area (Å²) in [6, 6.07) is -0.161. The summed E-state index contributed by atoms with van der Waals surface area (Å²) in [5, 5.41) is 7.99. The van der Waals surface area contributed by atoms with E-state index in [1.165, 1.54) is 0 Å². The maximum absolute atomic E-state index is 12.5. The molecular formula is C18H25N3O4S. The normalized spacial score (nSPS) is 20.3. The summed E-state index contributed by atoms with van der Waals surface area (Å²) in [7, 11) is 0. The van der Waals surface area contributed by atoms with Gasteiger partial charge in [-0.25, -0.2) is 4.98 Å². The molecule has 1 aliphatic rings. The highest BCUT2D eigenvalue weighted by Gasteiger charge is 2.29. The Morgan fingerprint density at radius 3 is 2.77 bits per heavy atom. The molecule has 142 valence electrons. The maximum Gasteiger partial charge on any atom is 0.225 e. The average molecular weight is 379 g/mol. The Balaban J connectivity index is 1.58. The molecule has 2 atom stereocenters. The van der Waals surface area contributed by atoms with Crippen molar-refractivity contribution in [2.24, 2.45) is 0 Å². The van der Waals surface area contributed by atoms with E-state index in [-0.39, 0.29) is 18.1 Å². The molecule has 2 aromatic heterocycles. The largest absolute Gasteiger partial charge is 0.379 e. The van der Waals surface area contributed by atoms with Gasteiger partial charge in [0.1, 0.15) is 5.76 Å². The number of nitrogens with one attached hydrogen (secondary N) is 1. The number of hydrogen-bond donors (Lipinski definition) is 1. The predicted molar refractivity (Wildman–Crippen MR) is 97.2 cm³/mol. The highest BCUT2D eigenvalue weighted by atomic mass is 32.1. The van der Waals surface area contributed by atoms with Gasteiger partial charge in [0.15, 0.2) is 0 Å². The first-order valence-electron chi connectivity index (χ1n) is 8.77. The van der Waals surface area contributed by atoms with Crippen LogP contribution in [0, 0.1) is 27.7 Å². The molecule has 1 amide bonds. The molecule has 1 N–H and O–H groups in total. The summed E-state index contributed by atoms with van der Waals surface area (Å²) in [5.41, 5.74) is 2.73. The van der Waals surface area contributed by atoms with Gasteiger partial charge in [0.2, 0.25) is 5.91 Å². The fourth-order valence-corrected chi connectivity index (χ4v) is 4.03.